The number of carbonyl (C=O) groups excluding carboxylic acids is 1. The van der Waals surface area contributed by atoms with Crippen molar-refractivity contribution >= 4 is 6.03 Å². The Morgan fingerprint density at radius 3 is 2.36 bits per heavy atom. The average molecular weight is 197 g/mol. The van der Waals surface area contributed by atoms with Crippen LogP contribution in [0.1, 0.15) is 34.1 Å². The van der Waals surface area contributed by atoms with Crippen molar-refractivity contribution in [3.8, 4) is 6.07 Å². The first-order valence-corrected chi connectivity index (χ1v) is 4.93. The van der Waals surface area contributed by atoms with Gasteiger partial charge in [0.15, 0.2) is 0 Å². The Labute approximate surface area is 85.9 Å². The van der Waals surface area contributed by atoms with Gasteiger partial charge in [-0.25, -0.2) is 4.79 Å². The Balaban J connectivity index is 4.20. The van der Waals surface area contributed by atoms with E-state index in [0.29, 0.717) is 13.0 Å². The van der Waals surface area contributed by atoms with E-state index < -0.39 is 0 Å². The van der Waals surface area contributed by atoms with Crippen molar-refractivity contribution in [3.63, 3.8) is 0 Å². The molecule has 0 aromatic heterocycles. The molecule has 0 saturated heterocycles. The molecule has 0 aliphatic heterocycles. The topological polar surface area (TPSA) is 56.1 Å². The fourth-order valence-corrected chi connectivity index (χ4v) is 1.09. The number of carbonyl (C=O) groups is 1. The third kappa shape index (κ3) is 4.70. The van der Waals surface area contributed by atoms with Gasteiger partial charge in [-0.15, -0.1) is 0 Å². The number of hydrogen-bond donors (Lipinski definition) is 1. The van der Waals surface area contributed by atoms with E-state index in [4.69, 9.17) is 5.26 Å². The molecule has 0 heterocycles. The molecule has 14 heavy (non-hydrogen) atoms. The van der Waals surface area contributed by atoms with Gasteiger partial charge in [0.05, 0.1) is 12.5 Å². The monoisotopic (exact) mass is 197 g/mol. The van der Waals surface area contributed by atoms with Crippen LogP contribution in [0.2, 0.25) is 0 Å². The van der Waals surface area contributed by atoms with E-state index in [0.717, 1.165) is 0 Å². The lowest BCUT2D eigenvalue weighted by Gasteiger charge is -2.27. The van der Waals surface area contributed by atoms with Gasteiger partial charge in [0.25, 0.3) is 0 Å². The summed E-state index contributed by atoms with van der Waals surface area (Å²) in [5.74, 6) is 0. The summed E-state index contributed by atoms with van der Waals surface area (Å²) in [6, 6.07) is 2.20. The molecule has 0 aliphatic rings. The first kappa shape index (κ1) is 12.8. The molecule has 80 valence electrons. The van der Waals surface area contributed by atoms with E-state index in [2.05, 4.69) is 5.32 Å². The molecule has 0 aliphatic carbocycles. The first-order valence-electron chi connectivity index (χ1n) is 4.93. The van der Waals surface area contributed by atoms with Gasteiger partial charge in [0.2, 0.25) is 0 Å². The largest absolute Gasteiger partial charge is 0.336 e. The maximum atomic E-state index is 11.6. The van der Waals surface area contributed by atoms with Crippen molar-refractivity contribution < 1.29 is 4.79 Å². The molecule has 1 N–H and O–H groups in total. The highest BCUT2D eigenvalue weighted by Crippen LogP contribution is 2.00. The second-order valence-electron chi connectivity index (χ2n) is 3.80. The third-order valence-electron chi connectivity index (χ3n) is 1.76. The van der Waals surface area contributed by atoms with Gasteiger partial charge in [-0.1, -0.05) is 0 Å². The number of amides is 2. The summed E-state index contributed by atoms with van der Waals surface area (Å²) in [4.78, 5) is 13.3. The fourth-order valence-electron chi connectivity index (χ4n) is 1.09. The second kappa shape index (κ2) is 6.25. The van der Waals surface area contributed by atoms with E-state index in [1.807, 2.05) is 33.8 Å². The maximum Gasteiger partial charge on any atom is 0.317 e. The van der Waals surface area contributed by atoms with E-state index in [-0.39, 0.29) is 18.1 Å². The van der Waals surface area contributed by atoms with Gasteiger partial charge < -0.3 is 10.2 Å². The van der Waals surface area contributed by atoms with Gasteiger partial charge in [-0.05, 0) is 27.7 Å². The summed E-state index contributed by atoms with van der Waals surface area (Å²) in [6.07, 6.45) is 0.379. The maximum absolute atomic E-state index is 11.6. The highest BCUT2D eigenvalue weighted by molar-refractivity contribution is 5.74. The zero-order valence-corrected chi connectivity index (χ0v) is 9.37. The summed E-state index contributed by atoms with van der Waals surface area (Å²) in [5, 5.41) is 11.3. The minimum absolute atomic E-state index is 0.0924. The van der Waals surface area contributed by atoms with Crippen LogP contribution >= 0.6 is 0 Å². The van der Waals surface area contributed by atoms with Crippen molar-refractivity contribution in [1.82, 2.24) is 10.2 Å². The van der Waals surface area contributed by atoms with Crippen molar-refractivity contribution in [3.05, 3.63) is 0 Å². The minimum Gasteiger partial charge on any atom is -0.336 e. The molecule has 2 amide bonds. The molecule has 0 aromatic rings. The van der Waals surface area contributed by atoms with E-state index in [1.54, 1.807) is 4.90 Å². The molecule has 0 atom stereocenters. The van der Waals surface area contributed by atoms with Crippen LogP contribution in [0.3, 0.4) is 0 Å². The Hall–Kier alpha value is -1.24. The van der Waals surface area contributed by atoms with E-state index in [1.165, 1.54) is 0 Å². The Morgan fingerprint density at radius 1 is 1.43 bits per heavy atom. The highest BCUT2D eigenvalue weighted by atomic mass is 16.2. The van der Waals surface area contributed by atoms with Gasteiger partial charge >= 0.3 is 6.03 Å². The normalized spacial score (nSPS) is 10.1. The van der Waals surface area contributed by atoms with Crippen LogP contribution in [-0.4, -0.2) is 29.6 Å². The lowest BCUT2D eigenvalue weighted by Crippen LogP contribution is -2.46. The molecule has 0 saturated carbocycles. The van der Waals surface area contributed by atoms with Crippen LogP contribution < -0.4 is 5.32 Å². The van der Waals surface area contributed by atoms with Crippen LogP contribution in [0.4, 0.5) is 4.79 Å². The van der Waals surface area contributed by atoms with Crippen molar-refractivity contribution in [2.45, 2.75) is 46.2 Å². The summed E-state index contributed by atoms with van der Waals surface area (Å²) in [7, 11) is 0. The lowest BCUT2D eigenvalue weighted by molar-refractivity contribution is 0.182. The predicted octanol–water partition coefficient (Wildman–Crippen LogP) is 1.73. The van der Waals surface area contributed by atoms with Gasteiger partial charge in [0, 0.05) is 18.6 Å². The molecular formula is C10H19N3O. The molecule has 0 rings (SSSR count). The quantitative estimate of drug-likeness (QED) is 0.746. The number of nitriles is 1. The molecule has 0 spiro atoms. The number of rotatable bonds is 4. The zero-order valence-electron chi connectivity index (χ0n) is 9.37. The molecule has 4 heteroatoms. The molecule has 0 bridgehead atoms. The standard InChI is InChI=1S/C10H19N3O/c1-8(2)12-10(14)13(9(3)4)7-5-6-11/h8-9H,5,7H2,1-4H3,(H,12,14). The molecule has 0 unspecified atom stereocenters. The number of hydrogen-bond acceptors (Lipinski definition) is 2. The fraction of sp³-hybridized carbons (Fsp3) is 0.800. The minimum atomic E-state index is -0.0924. The Bertz CT molecular complexity index is 218. The Morgan fingerprint density at radius 2 is 2.00 bits per heavy atom. The SMILES string of the molecule is CC(C)NC(=O)N(CCC#N)C(C)C. The average Bonchev–Trinajstić information content (AvgIpc) is 2.02. The summed E-state index contributed by atoms with van der Waals surface area (Å²) in [6.45, 7) is 8.21. The van der Waals surface area contributed by atoms with Crippen molar-refractivity contribution in [1.29, 1.82) is 5.26 Å². The first-order chi connectivity index (χ1) is 6.49. The van der Waals surface area contributed by atoms with Gasteiger partial charge in [-0.3, -0.25) is 0 Å². The van der Waals surface area contributed by atoms with E-state index >= 15 is 0 Å². The smallest absolute Gasteiger partial charge is 0.317 e. The van der Waals surface area contributed by atoms with Crippen LogP contribution in [-0.2, 0) is 0 Å². The summed E-state index contributed by atoms with van der Waals surface area (Å²) >= 11 is 0. The number of urea groups is 1. The van der Waals surface area contributed by atoms with Gasteiger partial charge in [-0.2, -0.15) is 5.26 Å². The van der Waals surface area contributed by atoms with E-state index in [9.17, 15) is 4.79 Å². The predicted molar refractivity (Wildman–Crippen MR) is 55.7 cm³/mol. The number of nitrogens with one attached hydrogen (secondary N) is 1. The van der Waals surface area contributed by atoms with Crippen LogP contribution in [0.25, 0.3) is 0 Å². The molecular weight excluding hydrogens is 178 g/mol. The highest BCUT2D eigenvalue weighted by Gasteiger charge is 2.16. The van der Waals surface area contributed by atoms with Crippen molar-refractivity contribution in [2.24, 2.45) is 0 Å². The number of nitrogens with zero attached hydrogens (tertiary/aromatic N) is 2. The summed E-state index contributed by atoms with van der Waals surface area (Å²) < 4.78 is 0. The molecule has 0 aromatic carbocycles. The lowest BCUT2D eigenvalue weighted by atomic mass is 10.3. The molecule has 0 fully saturated rings. The zero-order chi connectivity index (χ0) is 11.1. The Kier molecular flexibility index (Phi) is 5.70. The van der Waals surface area contributed by atoms with Crippen LogP contribution in [0.5, 0.6) is 0 Å². The van der Waals surface area contributed by atoms with Crippen molar-refractivity contribution in [2.75, 3.05) is 6.54 Å². The van der Waals surface area contributed by atoms with Gasteiger partial charge in [0.1, 0.15) is 0 Å². The molecule has 4 nitrogen and oxygen atoms in total. The summed E-state index contributed by atoms with van der Waals surface area (Å²) in [5.41, 5.74) is 0. The molecule has 0 radical (unpaired) electrons. The third-order valence-corrected chi connectivity index (χ3v) is 1.76. The second-order valence-corrected chi connectivity index (χ2v) is 3.80. The van der Waals surface area contributed by atoms with Crippen LogP contribution in [0.15, 0.2) is 0 Å². The van der Waals surface area contributed by atoms with Crippen LogP contribution in [0, 0.1) is 11.3 Å².